The van der Waals surface area contributed by atoms with Crippen LogP contribution < -0.4 is 5.69 Å². The van der Waals surface area contributed by atoms with E-state index < -0.39 is 0 Å². The Morgan fingerprint density at radius 1 is 1.17 bits per heavy atom. The van der Waals surface area contributed by atoms with E-state index in [2.05, 4.69) is 15.3 Å². The highest BCUT2D eigenvalue weighted by Gasteiger charge is 2.31. The molecule has 3 aromatic rings. The molecule has 9 heteroatoms. The van der Waals surface area contributed by atoms with E-state index in [9.17, 15) is 9.59 Å². The molecule has 0 bridgehead atoms. The topological polar surface area (TPSA) is 90.8 Å². The second-order valence-corrected chi connectivity index (χ2v) is 7.67. The lowest BCUT2D eigenvalue weighted by molar-refractivity contribution is 0.0696. The van der Waals surface area contributed by atoms with Gasteiger partial charge in [-0.1, -0.05) is 18.2 Å². The van der Waals surface area contributed by atoms with E-state index in [4.69, 9.17) is 0 Å². The van der Waals surface area contributed by atoms with E-state index in [1.165, 1.54) is 15.7 Å². The Bertz CT molecular complexity index is 1060. The minimum atomic E-state index is -0.147. The Hall–Kier alpha value is -3.23. The van der Waals surface area contributed by atoms with E-state index in [0.29, 0.717) is 18.8 Å². The number of piperidine rings is 1. The molecular formula is C20H25N7O2. The maximum Gasteiger partial charge on any atom is 0.345 e. The average molecular weight is 395 g/mol. The van der Waals surface area contributed by atoms with Crippen LogP contribution in [0.15, 0.2) is 41.3 Å². The molecule has 1 saturated heterocycles. The van der Waals surface area contributed by atoms with Crippen molar-refractivity contribution in [2.45, 2.75) is 38.6 Å². The molecule has 0 spiro atoms. The summed E-state index contributed by atoms with van der Waals surface area (Å²) in [5.41, 5.74) is 0.999. The van der Waals surface area contributed by atoms with Crippen LogP contribution >= 0.6 is 0 Å². The number of para-hydroxylation sites is 1. The van der Waals surface area contributed by atoms with Crippen LogP contribution in [0.1, 0.15) is 55.0 Å². The molecule has 1 aliphatic rings. The van der Waals surface area contributed by atoms with Crippen molar-refractivity contribution in [3.05, 3.63) is 58.5 Å². The fourth-order valence-electron chi connectivity index (χ4n) is 3.84. The number of aryl methyl sites for hydroxylation is 1. The number of benzene rings is 1. The number of hydrogen-bond donors (Lipinski definition) is 0. The van der Waals surface area contributed by atoms with Crippen molar-refractivity contribution in [3.63, 3.8) is 0 Å². The van der Waals surface area contributed by atoms with Crippen LogP contribution in [0.3, 0.4) is 0 Å². The van der Waals surface area contributed by atoms with Crippen LogP contribution in [0.25, 0.3) is 5.69 Å². The molecule has 1 aliphatic heterocycles. The van der Waals surface area contributed by atoms with Gasteiger partial charge in [-0.05, 0) is 38.8 Å². The summed E-state index contributed by atoms with van der Waals surface area (Å²) >= 11 is 0. The van der Waals surface area contributed by atoms with Gasteiger partial charge < -0.3 is 4.90 Å². The molecule has 0 N–H and O–H groups in total. The standard InChI is InChI=1S/C20H25N7O2/c1-14(2)26-18(23-24(3)20(26)29)15-8-7-11-25(13-15)19(28)17-12-21-27(22-17)16-9-5-4-6-10-16/h4-6,9-10,12,14-15H,7-8,11,13H2,1-3H3. The molecule has 3 heterocycles. The zero-order valence-corrected chi connectivity index (χ0v) is 16.9. The zero-order chi connectivity index (χ0) is 20.5. The van der Waals surface area contributed by atoms with Gasteiger partial charge >= 0.3 is 5.69 Å². The van der Waals surface area contributed by atoms with Gasteiger partial charge in [0, 0.05) is 32.1 Å². The normalized spacial score (nSPS) is 17.1. The van der Waals surface area contributed by atoms with Crippen molar-refractivity contribution < 1.29 is 4.79 Å². The number of rotatable bonds is 4. The third-order valence-corrected chi connectivity index (χ3v) is 5.27. The number of nitrogens with zero attached hydrogens (tertiary/aromatic N) is 7. The number of amides is 1. The lowest BCUT2D eigenvalue weighted by atomic mass is 9.96. The maximum atomic E-state index is 13.0. The lowest BCUT2D eigenvalue weighted by Crippen LogP contribution is -2.40. The highest BCUT2D eigenvalue weighted by atomic mass is 16.2. The summed E-state index contributed by atoms with van der Waals surface area (Å²) in [5.74, 6) is 0.623. The number of carbonyl (C=O) groups is 1. The molecule has 0 radical (unpaired) electrons. The van der Waals surface area contributed by atoms with Crippen LogP contribution in [0, 0.1) is 0 Å². The summed E-state index contributed by atoms with van der Waals surface area (Å²) in [6.45, 7) is 5.12. The maximum absolute atomic E-state index is 13.0. The van der Waals surface area contributed by atoms with Crippen LogP contribution in [-0.4, -0.2) is 53.2 Å². The van der Waals surface area contributed by atoms with Crippen LogP contribution in [0.5, 0.6) is 0 Å². The molecule has 2 aromatic heterocycles. The van der Waals surface area contributed by atoms with Crippen LogP contribution in [-0.2, 0) is 7.05 Å². The SMILES string of the molecule is CC(C)n1c(C2CCCN(C(=O)c3cnn(-c4ccccc4)n3)C2)nn(C)c1=O. The fourth-order valence-corrected chi connectivity index (χ4v) is 3.84. The van der Waals surface area contributed by atoms with E-state index in [0.717, 1.165) is 24.4 Å². The van der Waals surface area contributed by atoms with Crippen molar-refractivity contribution in [3.8, 4) is 5.69 Å². The lowest BCUT2D eigenvalue weighted by Gasteiger charge is -2.32. The Balaban J connectivity index is 1.55. The van der Waals surface area contributed by atoms with Gasteiger partial charge in [0.2, 0.25) is 0 Å². The second-order valence-electron chi connectivity index (χ2n) is 7.67. The quantitative estimate of drug-likeness (QED) is 0.671. The third kappa shape index (κ3) is 3.59. The van der Waals surface area contributed by atoms with Gasteiger partial charge in [-0.2, -0.15) is 15.0 Å². The Morgan fingerprint density at radius 2 is 1.93 bits per heavy atom. The predicted molar refractivity (Wildman–Crippen MR) is 107 cm³/mol. The van der Waals surface area contributed by atoms with Gasteiger partial charge in [0.1, 0.15) is 5.82 Å². The highest BCUT2D eigenvalue weighted by molar-refractivity contribution is 5.92. The largest absolute Gasteiger partial charge is 0.345 e. The van der Waals surface area contributed by atoms with E-state index in [-0.39, 0.29) is 23.6 Å². The molecular weight excluding hydrogens is 370 g/mol. The van der Waals surface area contributed by atoms with E-state index in [1.807, 2.05) is 44.2 Å². The molecule has 4 rings (SSSR count). The molecule has 0 aliphatic carbocycles. The molecule has 1 atom stereocenters. The second kappa shape index (κ2) is 7.65. The zero-order valence-electron chi connectivity index (χ0n) is 16.9. The first-order chi connectivity index (χ1) is 14.0. The summed E-state index contributed by atoms with van der Waals surface area (Å²) in [6.07, 6.45) is 3.25. The summed E-state index contributed by atoms with van der Waals surface area (Å²) in [5, 5.41) is 13.0. The molecule has 0 saturated carbocycles. The predicted octanol–water partition coefficient (Wildman–Crippen LogP) is 1.76. The monoisotopic (exact) mass is 395 g/mol. The van der Waals surface area contributed by atoms with Crippen molar-refractivity contribution in [1.82, 2.24) is 34.2 Å². The van der Waals surface area contributed by atoms with Gasteiger partial charge in [-0.25, -0.2) is 9.48 Å². The van der Waals surface area contributed by atoms with Gasteiger partial charge in [0.25, 0.3) is 5.91 Å². The summed E-state index contributed by atoms with van der Waals surface area (Å²) in [4.78, 5) is 28.7. The Morgan fingerprint density at radius 3 is 2.66 bits per heavy atom. The van der Waals surface area contributed by atoms with Crippen molar-refractivity contribution >= 4 is 5.91 Å². The molecule has 1 amide bonds. The van der Waals surface area contributed by atoms with Gasteiger partial charge in [-0.3, -0.25) is 9.36 Å². The van der Waals surface area contributed by atoms with Gasteiger partial charge in [-0.15, -0.1) is 5.10 Å². The van der Waals surface area contributed by atoms with Crippen molar-refractivity contribution in [2.24, 2.45) is 7.05 Å². The molecule has 29 heavy (non-hydrogen) atoms. The molecule has 1 unspecified atom stereocenters. The summed E-state index contributed by atoms with van der Waals surface area (Å²) < 4.78 is 3.10. The van der Waals surface area contributed by atoms with Crippen LogP contribution in [0.4, 0.5) is 0 Å². The summed E-state index contributed by atoms with van der Waals surface area (Å²) in [7, 11) is 1.67. The highest BCUT2D eigenvalue weighted by Crippen LogP contribution is 2.27. The Kier molecular flexibility index (Phi) is 5.04. The number of aromatic nitrogens is 6. The van der Waals surface area contributed by atoms with Crippen LogP contribution in [0.2, 0.25) is 0 Å². The first kappa shape index (κ1) is 19.1. The fraction of sp³-hybridized carbons (Fsp3) is 0.450. The first-order valence-corrected chi connectivity index (χ1v) is 9.88. The molecule has 1 fully saturated rings. The van der Waals surface area contributed by atoms with Crippen molar-refractivity contribution in [2.75, 3.05) is 13.1 Å². The molecule has 152 valence electrons. The van der Waals surface area contributed by atoms with E-state index in [1.54, 1.807) is 16.5 Å². The minimum Gasteiger partial charge on any atom is -0.336 e. The average Bonchev–Trinajstić information content (AvgIpc) is 3.34. The van der Waals surface area contributed by atoms with Gasteiger partial charge in [0.05, 0.1) is 11.9 Å². The number of hydrogen-bond acceptors (Lipinski definition) is 5. The number of carbonyl (C=O) groups excluding carboxylic acids is 1. The first-order valence-electron chi connectivity index (χ1n) is 9.88. The van der Waals surface area contributed by atoms with Gasteiger partial charge in [0.15, 0.2) is 5.69 Å². The summed E-state index contributed by atoms with van der Waals surface area (Å²) in [6, 6.07) is 9.51. The number of likely N-dealkylation sites (tertiary alicyclic amines) is 1. The minimum absolute atomic E-state index is 0.0167. The molecule has 9 nitrogen and oxygen atoms in total. The van der Waals surface area contributed by atoms with Crippen molar-refractivity contribution in [1.29, 1.82) is 0 Å². The Labute approximate surface area is 168 Å². The third-order valence-electron chi connectivity index (χ3n) is 5.27. The smallest absolute Gasteiger partial charge is 0.336 e. The van der Waals surface area contributed by atoms with E-state index >= 15 is 0 Å². The molecule has 1 aromatic carbocycles.